The van der Waals surface area contributed by atoms with Crippen molar-refractivity contribution >= 4 is 35.0 Å². The predicted molar refractivity (Wildman–Crippen MR) is 130 cm³/mol. The van der Waals surface area contributed by atoms with Crippen LogP contribution in [0.1, 0.15) is 24.1 Å². The molecule has 0 bridgehead atoms. The van der Waals surface area contributed by atoms with Gasteiger partial charge in [-0.3, -0.25) is 9.89 Å². The van der Waals surface area contributed by atoms with Gasteiger partial charge >= 0.3 is 0 Å². The number of rotatable bonds is 8. The number of ketones is 1. The molecule has 172 valence electrons. The van der Waals surface area contributed by atoms with Crippen LogP contribution in [-0.2, 0) is 11.2 Å². The number of anilines is 3. The molecule has 3 aromatic rings. The minimum Gasteiger partial charge on any atom is -0.354 e. The number of nitrogens with one attached hydrogen (secondary N) is 2. The number of aryl methyl sites for hydroxylation is 1. The molecule has 0 radical (unpaired) electrons. The van der Waals surface area contributed by atoms with Gasteiger partial charge in [0.25, 0.3) is 0 Å². The topological polar surface area (TPSA) is 90.0 Å². The Balaban J connectivity index is 1.35. The number of Topliss-reactive ketones (excluding diaryl/α,β-unsaturated/α-hetero) is 1. The predicted octanol–water partition coefficient (Wildman–Crippen LogP) is 3.68. The summed E-state index contributed by atoms with van der Waals surface area (Å²) in [6, 6.07) is 12.1. The van der Waals surface area contributed by atoms with Crippen LogP contribution < -0.4 is 10.2 Å². The quantitative estimate of drug-likeness (QED) is 0.489. The van der Waals surface area contributed by atoms with Crippen molar-refractivity contribution in [3.8, 4) is 0 Å². The van der Waals surface area contributed by atoms with Crippen LogP contribution >= 0.6 is 11.8 Å². The van der Waals surface area contributed by atoms with Crippen molar-refractivity contribution < 1.29 is 4.79 Å². The number of hydrogen-bond donors (Lipinski definition) is 2. The van der Waals surface area contributed by atoms with Gasteiger partial charge in [0.1, 0.15) is 17.4 Å². The van der Waals surface area contributed by atoms with Gasteiger partial charge in [0, 0.05) is 61.2 Å². The fourth-order valence-electron chi connectivity index (χ4n) is 3.86. The molecule has 2 fully saturated rings. The summed E-state index contributed by atoms with van der Waals surface area (Å²) in [6.45, 7) is 5.85. The van der Waals surface area contributed by atoms with Gasteiger partial charge < -0.3 is 15.1 Å². The number of H-pyrrole nitrogens is 1. The lowest BCUT2D eigenvalue weighted by Gasteiger charge is -2.33. The molecule has 1 aliphatic carbocycles. The fourth-order valence-corrected chi connectivity index (χ4v) is 4.63. The Morgan fingerprint density at radius 1 is 1.09 bits per heavy atom. The molecular weight excluding hydrogens is 434 g/mol. The molecule has 1 saturated carbocycles. The molecule has 9 heteroatoms. The molecule has 0 spiro atoms. The first-order valence-corrected chi connectivity index (χ1v) is 12.2. The molecule has 1 aromatic carbocycles. The van der Waals surface area contributed by atoms with Gasteiger partial charge in [-0.25, -0.2) is 9.97 Å². The Hall–Kier alpha value is -2.91. The standard InChI is InChI=1S/C24H29N7OS/c1-16-13-22(29-28-16)25-21-15-23(31-11-9-30(2)10-12-31)27-24(26-21)33-19-7-3-17(4-8-19)14-20(32)18-5-6-18/h3-4,7-8,13,15,18H,5-6,9-12,14H2,1-2H3,(H2,25,26,27,28,29). The molecule has 0 atom stereocenters. The number of aromatic amines is 1. The second-order valence-corrected chi connectivity index (χ2v) is 9.95. The highest BCUT2D eigenvalue weighted by Gasteiger charge is 2.29. The molecule has 1 saturated heterocycles. The highest BCUT2D eigenvalue weighted by atomic mass is 32.2. The van der Waals surface area contributed by atoms with E-state index in [0.717, 1.165) is 72.6 Å². The normalized spacial score (nSPS) is 16.7. The summed E-state index contributed by atoms with van der Waals surface area (Å²) >= 11 is 1.53. The summed E-state index contributed by atoms with van der Waals surface area (Å²) in [5, 5.41) is 11.2. The summed E-state index contributed by atoms with van der Waals surface area (Å²) in [7, 11) is 2.15. The van der Waals surface area contributed by atoms with E-state index < -0.39 is 0 Å². The van der Waals surface area contributed by atoms with E-state index >= 15 is 0 Å². The third kappa shape index (κ3) is 5.72. The van der Waals surface area contributed by atoms with Gasteiger partial charge in [-0.15, -0.1) is 0 Å². The number of nitrogens with zero attached hydrogens (tertiary/aromatic N) is 5. The highest BCUT2D eigenvalue weighted by Crippen LogP contribution is 2.32. The Labute approximate surface area is 198 Å². The van der Waals surface area contributed by atoms with Gasteiger partial charge in [-0.1, -0.05) is 12.1 Å². The molecule has 8 nitrogen and oxygen atoms in total. The van der Waals surface area contributed by atoms with Crippen molar-refractivity contribution in [1.82, 2.24) is 25.1 Å². The monoisotopic (exact) mass is 463 g/mol. The number of carbonyl (C=O) groups excluding carboxylic acids is 1. The molecule has 3 heterocycles. The molecule has 1 aliphatic heterocycles. The van der Waals surface area contributed by atoms with Crippen LogP contribution in [0, 0.1) is 12.8 Å². The smallest absolute Gasteiger partial charge is 0.196 e. The molecule has 33 heavy (non-hydrogen) atoms. The van der Waals surface area contributed by atoms with Crippen molar-refractivity contribution in [1.29, 1.82) is 0 Å². The average Bonchev–Trinajstić information content (AvgIpc) is 3.58. The van der Waals surface area contributed by atoms with Gasteiger partial charge in [0.2, 0.25) is 0 Å². The van der Waals surface area contributed by atoms with Crippen LogP contribution in [0.25, 0.3) is 0 Å². The second-order valence-electron chi connectivity index (χ2n) is 8.91. The summed E-state index contributed by atoms with van der Waals surface area (Å²) in [6.07, 6.45) is 2.64. The number of aromatic nitrogens is 4. The maximum atomic E-state index is 12.1. The summed E-state index contributed by atoms with van der Waals surface area (Å²) in [5.41, 5.74) is 2.06. The van der Waals surface area contributed by atoms with Crippen LogP contribution in [0.2, 0.25) is 0 Å². The Morgan fingerprint density at radius 2 is 1.85 bits per heavy atom. The zero-order chi connectivity index (χ0) is 22.8. The molecule has 2 aliphatic rings. The first kappa shape index (κ1) is 21.9. The zero-order valence-electron chi connectivity index (χ0n) is 19.0. The van der Waals surface area contributed by atoms with Crippen LogP contribution in [0.4, 0.5) is 17.5 Å². The number of piperazine rings is 1. The summed E-state index contributed by atoms with van der Waals surface area (Å²) < 4.78 is 0. The first-order valence-electron chi connectivity index (χ1n) is 11.4. The largest absolute Gasteiger partial charge is 0.354 e. The Morgan fingerprint density at radius 3 is 2.52 bits per heavy atom. The maximum Gasteiger partial charge on any atom is 0.196 e. The van der Waals surface area contributed by atoms with Gasteiger partial charge in [-0.2, -0.15) is 5.10 Å². The zero-order valence-corrected chi connectivity index (χ0v) is 19.9. The maximum absolute atomic E-state index is 12.1. The third-order valence-corrected chi connectivity index (χ3v) is 6.90. The van der Waals surface area contributed by atoms with E-state index in [9.17, 15) is 4.79 Å². The average molecular weight is 464 g/mol. The lowest BCUT2D eigenvalue weighted by Crippen LogP contribution is -2.44. The molecule has 0 unspecified atom stereocenters. The van der Waals surface area contributed by atoms with Crippen molar-refractivity contribution in [2.45, 2.75) is 36.2 Å². The second kappa shape index (κ2) is 9.52. The Kier molecular flexibility index (Phi) is 6.32. The minimum absolute atomic E-state index is 0.300. The van der Waals surface area contributed by atoms with Gasteiger partial charge in [-0.05, 0) is 56.3 Å². The number of benzene rings is 1. The number of carbonyl (C=O) groups is 1. The van der Waals surface area contributed by atoms with E-state index in [1.54, 1.807) is 0 Å². The van der Waals surface area contributed by atoms with Crippen LogP contribution in [0.5, 0.6) is 0 Å². The molecular formula is C24H29N7OS. The molecule has 2 N–H and O–H groups in total. The van der Waals surface area contributed by atoms with E-state index in [4.69, 9.17) is 9.97 Å². The molecule has 5 rings (SSSR count). The van der Waals surface area contributed by atoms with Gasteiger partial charge in [0.15, 0.2) is 11.0 Å². The SMILES string of the molecule is Cc1cc(Nc2cc(N3CCN(C)CC3)nc(Sc3ccc(CC(=O)C4CC4)cc3)n2)n[nH]1. The van der Waals surface area contributed by atoms with Crippen molar-refractivity contribution in [3.05, 3.63) is 47.7 Å². The lowest BCUT2D eigenvalue weighted by atomic mass is 10.1. The number of likely N-dealkylation sites (N-methyl/N-ethyl adjacent to an activating group) is 1. The van der Waals surface area contributed by atoms with E-state index in [2.05, 4.69) is 44.5 Å². The van der Waals surface area contributed by atoms with Crippen molar-refractivity contribution in [2.24, 2.45) is 5.92 Å². The van der Waals surface area contributed by atoms with E-state index in [0.29, 0.717) is 23.3 Å². The highest BCUT2D eigenvalue weighted by molar-refractivity contribution is 7.99. The van der Waals surface area contributed by atoms with E-state index in [1.165, 1.54) is 11.8 Å². The van der Waals surface area contributed by atoms with Crippen LogP contribution in [0.3, 0.4) is 0 Å². The van der Waals surface area contributed by atoms with Crippen molar-refractivity contribution in [3.63, 3.8) is 0 Å². The van der Waals surface area contributed by atoms with Crippen LogP contribution in [-0.4, -0.2) is 64.1 Å². The first-order chi connectivity index (χ1) is 16.0. The summed E-state index contributed by atoms with van der Waals surface area (Å²) in [5.74, 6) is 3.04. The number of hydrogen-bond acceptors (Lipinski definition) is 8. The van der Waals surface area contributed by atoms with Crippen molar-refractivity contribution in [2.75, 3.05) is 43.4 Å². The van der Waals surface area contributed by atoms with Gasteiger partial charge in [0.05, 0.1) is 0 Å². The molecule has 2 aromatic heterocycles. The van der Waals surface area contributed by atoms with Crippen LogP contribution in [0.15, 0.2) is 46.5 Å². The third-order valence-electron chi connectivity index (χ3n) is 6.02. The lowest BCUT2D eigenvalue weighted by molar-refractivity contribution is -0.119. The van der Waals surface area contributed by atoms with E-state index in [1.807, 2.05) is 31.2 Å². The minimum atomic E-state index is 0.300. The molecule has 0 amide bonds. The summed E-state index contributed by atoms with van der Waals surface area (Å²) in [4.78, 5) is 27.4. The fraction of sp³-hybridized carbons (Fsp3) is 0.417. The Bertz CT molecular complexity index is 1120. The van der Waals surface area contributed by atoms with E-state index in [-0.39, 0.29) is 0 Å².